The monoisotopic (exact) mass is 214 g/mol. The van der Waals surface area contributed by atoms with Crippen molar-refractivity contribution in [1.29, 1.82) is 0 Å². The van der Waals surface area contributed by atoms with E-state index in [2.05, 4.69) is 0 Å². The Labute approximate surface area is 89.2 Å². The first kappa shape index (κ1) is 11.8. The van der Waals surface area contributed by atoms with Crippen molar-refractivity contribution >= 4 is 11.9 Å². The Morgan fingerprint density at radius 1 is 1.53 bits per heavy atom. The summed E-state index contributed by atoms with van der Waals surface area (Å²) >= 11 is 0. The fraction of sp³-hybridized carbons (Fsp3) is 0.778. The number of hydrogen-bond acceptors (Lipinski definition) is 3. The Morgan fingerprint density at radius 2 is 2.20 bits per heavy atom. The third-order valence-electron chi connectivity index (χ3n) is 2.61. The first-order valence-corrected chi connectivity index (χ1v) is 5.06. The molecule has 1 atom stereocenters. The number of likely N-dealkylation sites (N-methyl/N-ethyl adjacent to an activating group) is 1. The van der Waals surface area contributed by atoms with Crippen LogP contribution in [-0.4, -0.2) is 54.5 Å². The smallest absolute Gasteiger partial charge is 0.320 e. The number of likely N-dealkylation sites (tertiary alicyclic amines) is 1. The maximum absolute atomic E-state index is 11.8. The highest BCUT2D eigenvalue weighted by atomic mass is 16.2. The van der Waals surface area contributed by atoms with Crippen molar-refractivity contribution in [2.45, 2.75) is 18.9 Å². The first-order chi connectivity index (χ1) is 7.06. The summed E-state index contributed by atoms with van der Waals surface area (Å²) < 4.78 is 0. The van der Waals surface area contributed by atoms with E-state index in [0.717, 1.165) is 12.8 Å². The van der Waals surface area contributed by atoms with Gasteiger partial charge in [-0.25, -0.2) is 4.79 Å². The van der Waals surface area contributed by atoms with Crippen molar-refractivity contribution < 1.29 is 9.59 Å². The molecule has 1 saturated heterocycles. The zero-order valence-corrected chi connectivity index (χ0v) is 8.98. The third-order valence-corrected chi connectivity index (χ3v) is 2.61. The summed E-state index contributed by atoms with van der Waals surface area (Å²) in [5, 5.41) is 0. The minimum atomic E-state index is -0.505. The van der Waals surface area contributed by atoms with Gasteiger partial charge in [0.25, 0.3) is 0 Å². The predicted molar refractivity (Wildman–Crippen MR) is 56.0 cm³/mol. The van der Waals surface area contributed by atoms with Crippen LogP contribution < -0.4 is 11.5 Å². The molecule has 4 N–H and O–H groups in total. The lowest BCUT2D eigenvalue weighted by Gasteiger charge is -2.28. The van der Waals surface area contributed by atoms with E-state index in [1.807, 2.05) is 0 Å². The first-order valence-electron chi connectivity index (χ1n) is 5.06. The lowest BCUT2D eigenvalue weighted by molar-refractivity contribution is -0.118. The van der Waals surface area contributed by atoms with Gasteiger partial charge in [0.05, 0.1) is 0 Å². The summed E-state index contributed by atoms with van der Waals surface area (Å²) in [6.45, 7) is 1.13. The van der Waals surface area contributed by atoms with Gasteiger partial charge in [-0.05, 0) is 12.8 Å². The van der Waals surface area contributed by atoms with Crippen molar-refractivity contribution in [3.05, 3.63) is 0 Å². The zero-order chi connectivity index (χ0) is 11.4. The molecule has 1 heterocycles. The van der Waals surface area contributed by atoms with Crippen LogP contribution in [0.25, 0.3) is 0 Å². The van der Waals surface area contributed by atoms with E-state index in [1.54, 1.807) is 11.9 Å². The average molecular weight is 214 g/mol. The second-order valence-electron chi connectivity index (χ2n) is 3.83. The number of nitrogens with two attached hydrogens (primary N) is 2. The lowest BCUT2D eigenvalue weighted by Crippen LogP contribution is -2.48. The molecule has 0 aromatic heterocycles. The fourth-order valence-corrected chi connectivity index (χ4v) is 1.85. The number of rotatable bonds is 3. The third kappa shape index (κ3) is 2.82. The van der Waals surface area contributed by atoms with Gasteiger partial charge in [-0.15, -0.1) is 0 Å². The zero-order valence-electron chi connectivity index (χ0n) is 8.98. The largest absolute Gasteiger partial charge is 0.368 e. The lowest BCUT2D eigenvalue weighted by atomic mass is 10.2. The van der Waals surface area contributed by atoms with Crippen LogP contribution in [0.4, 0.5) is 4.79 Å². The van der Waals surface area contributed by atoms with Crippen molar-refractivity contribution in [1.82, 2.24) is 9.80 Å². The van der Waals surface area contributed by atoms with Crippen LogP contribution in [0.2, 0.25) is 0 Å². The summed E-state index contributed by atoms with van der Waals surface area (Å²) in [6, 6.07) is -0.0606. The van der Waals surface area contributed by atoms with Crippen molar-refractivity contribution in [2.75, 3.05) is 26.7 Å². The van der Waals surface area contributed by atoms with Crippen LogP contribution in [0.1, 0.15) is 12.8 Å². The van der Waals surface area contributed by atoms with Gasteiger partial charge in [0.15, 0.2) is 0 Å². The molecule has 0 bridgehead atoms. The van der Waals surface area contributed by atoms with Gasteiger partial charge >= 0.3 is 6.03 Å². The summed E-state index contributed by atoms with van der Waals surface area (Å²) in [7, 11) is 1.57. The molecule has 15 heavy (non-hydrogen) atoms. The van der Waals surface area contributed by atoms with Crippen molar-refractivity contribution in [3.8, 4) is 0 Å². The van der Waals surface area contributed by atoms with Crippen LogP contribution in [0.3, 0.4) is 0 Å². The van der Waals surface area contributed by atoms with E-state index in [-0.39, 0.29) is 18.6 Å². The number of primary amides is 1. The Kier molecular flexibility index (Phi) is 3.90. The van der Waals surface area contributed by atoms with Crippen LogP contribution in [0.15, 0.2) is 0 Å². The highest BCUT2D eigenvalue weighted by Gasteiger charge is 2.29. The number of urea groups is 1. The van der Waals surface area contributed by atoms with Crippen LogP contribution >= 0.6 is 0 Å². The maximum atomic E-state index is 11.8. The van der Waals surface area contributed by atoms with Gasteiger partial charge in [-0.1, -0.05) is 0 Å². The van der Waals surface area contributed by atoms with Crippen molar-refractivity contribution in [2.24, 2.45) is 11.5 Å². The molecule has 1 rings (SSSR count). The average Bonchev–Trinajstić information content (AvgIpc) is 2.62. The van der Waals surface area contributed by atoms with Crippen molar-refractivity contribution in [3.63, 3.8) is 0 Å². The van der Waals surface area contributed by atoms with E-state index in [9.17, 15) is 9.59 Å². The number of hydrogen-bond donors (Lipinski definition) is 2. The molecule has 1 unspecified atom stereocenters. The predicted octanol–water partition coefficient (Wildman–Crippen LogP) is -1.05. The molecule has 3 amide bonds. The number of amides is 3. The van der Waals surface area contributed by atoms with E-state index in [0.29, 0.717) is 13.1 Å². The Balaban J connectivity index is 2.55. The molecule has 0 aromatic carbocycles. The minimum absolute atomic E-state index is 0.0490. The van der Waals surface area contributed by atoms with E-state index in [4.69, 9.17) is 11.5 Å². The van der Waals surface area contributed by atoms with Gasteiger partial charge in [-0.2, -0.15) is 0 Å². The molecule has 1 fully saturated rings. The van der Waals surface area contributed by atoms with E-state index < -0.39 is 5.91 Å². The Hall–Kier alpha value is -1.30. The summed E-state index contributed by atoms with van der Waals surface area (Å²) in [5.41, 5.74) is 10.6. The molecule has 0 aromatic rings. The molecular weight excluding hydrogens is 196 g/mol. The molecule has 0 spiro atoms. The summed E-state index contributed by atoms with van der Waals surface area (Å²) in [4.78, 5) is 25.5. The van der Waals surface area contributed by atoms with E-state index in [1.165, 1.54) is 4.90 Å². The van der Waals surface area contributed by atoms with Gasteiger partial charge in [0.1, 0.15) is 6.54 Å². The number of carbonyl (C=O) groups excluding carboxylic acids is 2. The van der Waals surface area contributed by atoms with Crippen LogP contribution in [0, 0.1) is 0 Å². The van der Waals surface area contributed by atoms with Crippen LogP contribution in [-0.2, 0) is 4.79 Å². The highest BCUT2D eigenvalue weighted by molar-refractivity contribution is 5.83. The number of nitrogens with zero attached hydrogens (tertiary/aromatic N) is 2. The van der Waals surface area contributed by atoms with Gasteiger partial charge in [0, 0.05) is 26.2 Å². The summed E-state index contributed by atoms with van der Waals surface area (Å²) in [5.74, 6) is -0.505. The molecule has 6 nitrogen and oxygen atoms in total. The van der Waals surface area contributed by atoms with Crippen LogP contribution in [0.5, 0.6) is 0 Å². The highest BCUT2D eigenvalue weighted by Crippen LogP contribution is 2.17. The molecule has 86 valence electrons. The normalized spacial score (nSPS) is 20.4. The minimum Gasteiger partial charge on any atom is -0.368 e. The molecular formula is C9H18N4O2. The van der Waals surface area contributed by atoms with Gasteiger partial charge in [0.2, 0.25) is 5.91 Å². The molecule has 0 saturated carbocycles. The van der Waals surface area contributed by atoms with Gasteiger partial charge in [-0.3, -0.25) is 4.79 Å². The SMILES string of the molecule is CN(CC(N)=O)C(=O)N1CCCC1CN. The Morgan fingerprint density at radius 3 is 2.73 bits per heavy atom. The molecule has 0 radical (unpaired) electrons. The second kappa shape index (κ2) is 4.97. The topological polar surface area (TPSA) is 92.7 Å². The molecule has 1 aliphatic rings. The summed E-state index contributed by atoms with van der Waals surface area (Å²) in [6.07, 6.45) is 1.91. The fourth-order valence-electron chi connectivity index (χ4n) is 1.85. The van der Waals surface area contributed by atoms with Gasteiger partial charge < -0.3 is 21.3 Å². The second-order valence-corrected chi connectivity index (χ2v) is 3.83. The Bertz CT molecular complexity index is 256. The molecule has 1 aliphatic heterocycles. The molecule has 0 aliphatic carbocycles. The number of carbonyl (C=O) groups is 2. The molecule has 6 heteroatoms. The quantitative estimate of drug-likeness (QED) is 0.627. The maximum Gasteiger partial charge on any atom is 0.320 e. The van der Waals surface area contributed by atoms with E-state index >= 15 is 0 Å². The standard InChI is InChI=1S/C9H18N4O2/c1-12(6-8(11)14)9(15)13-4-2-3-7(13)5-10/h7H,2-6,10H2,1H3,(H2,11,14).